The van der Waals surface area contributed by atoms with Crippen molar-refractivity contribution in [2.45, 2.75) is 26.7 Å². The SMILES string of the molecule is CCc1cccc(OCC(=O)NCCC(C)C(=O)O)c1. The number of carbonyl (C=O) groups excluding carboxylic acids is 1. The average Bonchev–Trinajstić information content (AvgIpc) is 2.45. The molecule has 5 nitrogen and oxygen atoms in total. The molecule has 0 heterocycles. The Hall–Kier alpha value is -2.04. The highest BCUT2D eigenvalue weighted by Crippen LogP contribution is 2.13. The molecule has 5 heteroatoms. The van der Waals surface area contributed by atoms with Crippen molar-refractivity contribution >= 4 is 11.9 Å². The summed E-state index contributed by atoms with van der Waals surface area (Å²) in [5.41, 5.74) is 1.15. The molecule has 1 amide bonds. The van der Waals surface area contributed by atoms with Crippen LogP contribution in [-0.4, -0.2) is 30.1 Å². The van der Waals surface area contributed by atoms with Crippen LogP contribution in [0.3, 0.4) is 0 Å². The van der Waals surface area contributed by atoms with E-state index in [1.807, 2.05) is 18.2 Å². The number of hydrogen-bond donors (Lipinski definition) is 2. The Morgan fingerprint density at radius 3 is 2.80 bits per heavy atom. The van der Waals surface area contributed by atoms with Crippen molar-refractivity contribution < 1.29 is 19.4 Å². The molecule has 20 heavy (non-hydrogen) atoms. The van der Waals surface area contributed by atoms with Crippen LogP contribution < -0.4 is 10.1 Å². The van der Waals surface area contributed by atoms with E-state index in [2.05, 4.69) is 12.2 Å². The third-order valence-corrected chi connectivity index (χ3v) is 3.00. The van der Waals surface area contributed by atoms with E-state index < -0.39 is 11.9 Å². The zero-order chi connectivity index (χ0) is 15.0. The van der Waals surface area contributed by atoms with Gasteiger partial charge in [0, 0.05) is 6.54 Å². The lowest BCUT2D eigenvalue weighted by Crippen LogP contribution is -2.31. The van der Waals surface area contributed by atoms with Gasteiger partial charge in [-0.05, 0) is 30.5 Å². The van der Waals surface area contributed by atoms with Crippen LogP contribution in [0, 0.1) is 5.92 Å². The fourth-order valence-electron chi connectivity index (χ4n) is 1.61. The van der Waals surface area contributed by atoms with Crippen LogP contribution in [0.1, 0.15) is 25.8 Å². The summed E-state index contributed by atoms with van der Waals surface area (Å²) in [5, 5.41) is 11.4. The largest absolute Gasteiger partial charge is 0.484 e. The summed E-state index contributed by atoms with van der Waals surface area (Å²) in [5.74, 6) is -0.896. The second kappa shape index (κ2) is 8.19. The molecule has 0 fully saturated rings. The Bertz CT molecular complexity index is 459. The molecule has 0 spiro atoms. The van der Waals surface area contributed by atoms with E-state index in [0.717, 1.165) is 12.0 Å². The highest BCUT2D eigenvalue weighted by Gasteiger charge is 2.11. The summed E-state index contributed by atoms with van der Waals surface area (Å²) in [6, 6.07) is 7.60. The van der Waals surface area contributed by atoms with Gasteiger partial charge < -0.3 is 15.2 Å². The monoisotopic (exact) mass is 279 g/mol. The van der Waals surface area contributed by atoms with Crippen LogP contribution in [0.5, 0.6) is 5.75 Å². The van der Waals surface area contributed by atoms with Crippen LogP contribution in [0.25, 0.3) is 0 Å². The van der Waals surface area contributed by atoms with Crippen LogP contribution in [-0.2, 0) is 16.0 Å². The highest BCUT2D eigenvalue weighted by atomic mass is 16.5. The maximum Gasteiger partial charge on any atom is 0.306 e. The fraction of sp³-hybridized carbons (Fsp3) is 0.467. The van der Waals surface area contributed by atoms with Gasteiger partial charge >= 0.3 is 5.97 Å². The number of ether oxygens (including phenoxy) is 1. The van der Waals surface area contributed by atoms with Crippen molar-refractivity contribution in [2.24, 2.45) is 5.92 Å². The summed E-state index contributed by atoms with van der Waals surface area (Å²) in [6.07, 6.45) is 1.32. The van der Waals surface area contributed by atoms with Crippen molar-refractivity contribution in [2.75, 3.05) is 13.2 Å². The first-order valence-corrected chi connectivity index (χ1v) is 6.74. The van der Waals surface area contributed by atoms with E-state index in [0.29, 0.717) is 18.7 Å². The molecule has 1 unspecified atom stereocenters. The number of amides is 1. The highest BCUT2D eigenvalue weighted by molar-refractivity contribution is 5.77. The third-order valence-electron chi connectivity index (χ3n) is 3.00. The number of nitrogens with one attached hydrogen (secondary N) is 1. The predicted molar refractivity (Wildman–Crippen MR) is 75.7 cm³/mol. The standard InChI is InChI=1S/C15H21NO4/c1-3-12-5-4-6-13(9-12)20-10-14(17)16-8-7-11(2)15(18)19/h4-6,9,11H,3,7-8,10H2,1-2H3,(H,16,17)(H,18,19). The summed E-state index contributed by atoms with van der Waals surface area (Å²) in [7, 11) is 0. The smallest absolute Gasteiger partial charge is 0.306 e. The predicted octanol–water partition coefficient (Wildman–Crippen LogP) is 1.85. The van der Waals surface area contributed by atoms with Gasteiger partial charge in [-0.15, -0.1) is 0 Å². The normalized spacial score (nSPS) is 11.7. The Morgan fingerprint density at radius 2 is 2.15 bits per heavy atom. The Labute approximate surface area is 118 Å². The summed E-state index contributed by atoms with van der Waals surface area (Å²) >= 11 is 0. The Kier molecular flexibility index (Phi) is 6.56. The summed E-state index contributed by atoms with van der Waals surface area (Å²) < 4.78 is 5.39. The van der Waals surface area contributed by atoms with Crippen LogP contribution in [0.2, 0.25) is 0 Å². The lowest BCUT2D eigenvalue weighted by molar-refractivity contribution is -0.141. The van der Waals surface area contributed by atoms with Gasteiger partial charge in [-0.2, -0.15) is 0 Å². The summed E-state index contributed by atoms with van der Waals surface area (Å²) in [4.78, 5) is 22.1. The van der Waals surface area contributed by atoms with Gasteiger partial charge in [-0.3, -0.25) is 9.59 Å². The molecule has 0 radical (unpaired) electrons. The van der Waals surface area contributed by atoms with Crippen molar-refractivity contribution in [1.29, 1.82) is 0 Å². The molecule has 0 saturated carbocycles. The molecule has 0 aliphatic heterocycles. The van der Waals surface area contributed by atoms with Gasteiger partial charge in [0.05, 0.1) is 5.92 Å². The first-order chi connectivity index (χ1) is 9.52. The number of carboxylic acid groups (broad SMARTS) is 1. The second-order valence-corrected chi connectivity index (χ2v) is 4.67. The van der Waals surface area contributed by atoms with E-state index in [1.54, 1.807) is 13.0 Å². The number of carboxylic acids is 1. The number of aliphatic carboxylic acids is 1. The minimum Gasteiger partial charge on any atom is -0.484 e. The van der Waals surface area contributed by atoms with Crippen LogP contribution in [0.15, 0.2) is 24.3 Å². The number of aryl methyl sites for hydroxylation is 1. The molecule has 2 N–H and O–H groups in total. The van der Waals surface area contributed by atoms with Gasteiger partial charge in [-0.1, -0.05) is 26.0 Å². The quantitative estimate of drug-likeness (QED) is 0.761. The maximum atomic E-state index is 11.5. The van der Waals surface area contributed by atoms with Gasteiger partial charge in [0.25, 0.3) is 5.91 Å². The first kappa shape index (κ1) is 16.0. The lowest BCUT2D eigenvalue weighted by Gasteiger charge is -2.09. The molecule has 1 aromatic carbocycles. The van der Waals surface area contributed by atoms with Crippen LogP contribution in [0.4, 0.5) is 0 Å². The van der Waals surface area contributed by atoms with Crippen LogP contribution >= 0.6 is 0 Å². The number of carbonyl (C=O) groups is 2. The maximum absolute atomic E-state index is 11.5. The van der Waals surface area contributed by atoms with E-state index >= 15 is 0 Å². The first-order valence-electron chi connectivity index (χ1n) is 6.74. The third kappa shape index (κ3) is 5.73. The summed E-state index contributed by atoms with van der Waals surface area (Å²) in [6.45, 7) is 3.94. The topological polar surface area (TPSA) is 75.6 Å². The van der Waals surface area contributed by atoms with E-state index in [9.17, 15) is 9.59 Å². The Balaban J connectivity index is 2.27. The molecule has 0 aliphatic carbocycles. The second-order valence-electron chi connectivity index (χ2n) is 4.67. The fourth-order valence-corrected chi connectivity index (χ4v) is 1.61. The van der Waals surface area contributed by atoms with Crippen molar-refractivity contribution in [3.8, 4) is 5.75 Å². The minimum absolute atomic E-state index is 0.0609. The zero-order valence-corrected chi connectivity index (χ0v) is 11.9. The molecule has 1 rings (SSSR count). The van der Waals surface area contributed by atoms with Gasteiger partial charge in [0.1, 0.15) is 5.75 Å². The average molecular weight is 279 g/mol. The molecular formula is C15H21NO4. The zero-order valence-electron chi connectivity index (χ0n) is 11.9. The van der Waals surface area contributed by atoms with Gasteiger partial charge in [0.15, 0.2) is 6.61 Å². The van der Waals surface area contributed by atoms with Crippen molar-refractivity contribution in [3.05, 3.63) is 29.8 Å². The number of rotatable bonds is 8. The molecule has 1 atom stereocenters. The van der Waals surface area contributed by atoms with Gasteiger partial charge in [-0.25, -0.2) is 0 Å². The van der Waals surface area contributed by atoms with E-state index in [1.165, 1.54) is 0 Å². The minimum atomic E-state index is -0.855. The Morgan fingerprint density at radius 1 is 1.40 bits per heavy atom. The van der Waals surface area contributed by atoms with Crippen molar-refractivity contribution in [3.63, 3.8) is 0 Å². The molecule has 0 aromatic heterocycles. The molecule has 0 bridgehead atoms. The van der Waals surface area contributed by atoms with Gasteiger partial charge in [0.2, 0.25) is 0 Å². The van der Waals surface area contributed by atoms with Crippen molar-refractivity contribution in [1.82, 2.24) is 5.32 Å². The molecular weight excluding hydrogens is 258 g/mol. The molecule has 0 saturated heterocycles. The molecule has 110 valence electrons. The number of hydrogen-bond acceptors (Lipinski definition) is 3. The van der Waals surface area contributed by atoms with E-state index in [-0.39, 0.29) is 12.5 Å². The molecule has 1 aromatic rings. The molecule has 0 aliphatic rings. The number of benzene rings is 1. The lowest BCUT2D eigenvalue weighted by atomic mass is 10.1. The van der Waals surface area contributed by atoms with E-state index in [4.69, 9.17) is 9.84 Å².